The summed E-state index contributed by atoms with van der Waals surface area (Å²) in [6.07, 6.45) is 4.27. The topological polar surface area (TPSA) is 50.8 Å². The first kappa shape index (κ1) is 21.1. The fourth-order valence-electron chi connectivity index (χ4n) is 3.64. The van der Waals surface area contributed by atoms with Gasteiger partial charge in [0.2, 0.25) is 0 Å². The Kier molecular flexibility index (Phi) is 6.61. The van der Waals surface area contributed by atoms with E-state index in [1.54, 1.807) is 12.1 Å². The molecule has 1 saturated heterocycles. The summed E-state index contributed by atoms with van der Waals surface area (Å²) in [5.74, 6) is -0.216. The van der Waals surface area contributed by atoms with E-state index in [0.717, 1.165) is 50.9 Å². The van der Waals surface area contributed by atoms with Crippen LogP contribution in [0.15, 0.2) is 24.3 Å². The molecule has 2 aliphatic rings. The highest BCUT2D eigenvalue weighted by Gasteiger charge is 2.44. The van der Waals surface area contributed by atoms with Crippen LogP contribution < -0.4 is 5.32 Å². The number of hydrogen-bond donors (Lipinski definition) is 1. The number of hydrogen-bond acceptors (Lipinski definition) is 4. The minimum absolute atomic E-state index is 0.207. The molecule has 0 bridgehead atoms. The molecule has 1 aromatic carbocycles. The van der Waals surface area contributed by atoms with Gasteiger partial charge in [-0.05, 0) is 64.2 Å². The molecule has 1 N–H and O–H groups in total. The number of amides is 1. The van der Waals surface area contributed by atoms with Crippen molar-refractivity contribution in [2.75, 3.05) is 26.2 Å². The fraction of sp³-hybridized carbons (Fsp3) is 0.682. The molecule has 0 atom stereocenters. The third-order valence-electron chi connectivity index (χ3n) is 5.46. The molecule has 0 spiro atoms. The van der Waals surface area contributed by atoms with Crippen molar-refractivity contribution in [1.29, 1.82) is 0 Å². The monoisotopic (exact) mass is 392 g/mol. The second-order valence-corrected chi connectivity index (χ2v) is 9.27. The number of alkyl carbamates (subject to hydrolysis) is 1. The van der Waals surface area contributed by atoms with E-state index in [0.29, 0.717) is 13.2 Å². The lowest BCUT2D eigenvalue weighted by atomic mass is 10.0. The van der Waals surface area contributed by atoms with Crippen LogP contribution in [0, 0.1) is 11.2 Å². The fourth-order valence-corrected chi connectivity index (χ4v) is 3.64. The molecular formula is C22H33FN2O3. The lowest BCUT2D eigenvalue weighted by molar-refractivity contribution is -0.00603. The number of piperidine rings is 1. The molecule has 0 aromatic heterocycles. The molecule has 28 heavy (non-hydrogen) atoms. The van der Waals surface area contributed by atoms with Crippen molar-refractivity contribution in [3.8, 4) is 0 Å². The molecule has 5 nitrogen and oxygen atoms in total. The maximum Gasteiger partial charge on any atom is 0.407 e. The van der Waals surface area contributed by atoms with E-state index < -0.39 is 5.60 Å². The van der Waals surface area contributed by atoms with Crippen molar-refractivity contribution in [1.82, 2.24) is 10.2 Å². The lowest BCUT2D eigenvalue weighted by Crippen LogP contribution is -2.43. The number of carbonyl (C=O) groups is 1. The van der Waals surface area contributed by atoms with Gasteiger partial charge in [0.15, 0.2) is 0 Å². The van der Waals surface area contributed by atoms with Crippen LogP contribution in [-0.2, 0) is 16.1 Å². The summed E-state index contributed by atoms with van der Waals surface area (Å²) in [6, 6.07) is 6.50. The number of likely N-dealkylation sites (tertiary alicyclic amines) is 1. The highest BCUT2D eigenvalue weighted by Crippen LogP contribution is 2.46. The Morgan fingerprint density at radius 1 is 1.21 bits per heavy atom. The van der Waals surface area contributed by atoms with Gasteiger partial charge in [-0.1, -0.05) is 12.1 Å². The first-order chi connectivity index (χ1) is 13.2. The molecular weight excluding hydrogens is 359 g/mol. The maximum atomic E-state index is 13.0. The standard InChI is InChI=1S/C22H33FN2O3/c1-21(2,3)28-20(26)24-15-22(10-11-22)16-25-12-8-19(9-13-25)27-14-17-4-6-18(23)7-5-17/h4-7,19H,8-16H2,1-3H3,(H,24,26). The molecule has 3 rings (SSSR count). The highest BCUT2D eigenvalue weighted by molar-refractivity contribution is 5.67. The molecule has 6 heteroatoms. The van der Waals surface area contributed by atoms with E-state index in [4.69, 9.17) is 9.47 Å². The minimum atomic E-state index is -0.462. The number of rotatable bonds is 7. The number of nitrogens with one attached hydrogen (secondary N) is 1. The highest BCUT2D eigenvalue weighted by atomic mass is 19.1. The van der Waals surface area contributed by atoms with Crippen molar-refractivity contribution < 1.29 is 18.7 Å². The van der Waals surface area contributed by atoms with Gasteiger partial charge in [0.1, 0.15) is 11.4 Å². The van der Waals surface area contributed by atoms with Gasteiger partial charge < -0.3 is 19.7 Å². The quantitative estimate of drug-likeness (QED) is 0.759. The van der Waals surface area contributed by atoms with Crippen LogP contribution in [0.5, 0.6) is 0 Å². The first-order valence-electron chi connectivity index (χ1n) is 10.3. The summed E-state index contributed by atoms with van der Waals surface area (Å²) >= 11 is 0. The first-order valence-corrected chi connectivity index (χ1v) is 10.3. The maximum absolute atomic E-state index is 13.0. The number of ether oxygens (including phenoxy) is 2. The summed E-state index contributed by atoms with van der Waals surface area (Å²) < 4.78 is 24.3. The predicted molar refractivity (Wildman–Crippen MR) is 107 cm³/mol. The molecule has 1 aliphatic heterocycles. The zero-order valence-corrected chi connectivity index (χ0v) is 17.3. The van der Waals surface area contributed by atoms with E-state index in [1.165, 1.54) is 12.1 Å². The Morgan fingerprint density at radius 3 is 2.43 bits per heavy atom. The smallest absolute Gasteiger partial charge is 0.407 e. The molecule has 0 radical (unpaired) electrons. The molecule has 1 saturated carbocycles. The van der Waals surface area contributed by atoms with E-state index in [2.05, 4.69) is 10.2 Å². The van der Waals surface area contributed by atoms with Crippen LogP contribution in [0.2, 0.25) is 0 Å². The molecule has 1 aliphatic carbocycles. The van der Waals surface area contributed by atoms with Crippen LogP contribution in [0.3, 0.4) is 0 Å². The van der Waals surface area contributed by atoms with Gasteiger partial charge in [-0.15, -0.1) is 0 Å². The van der Waals surface area contributed by atoms with Crippen molar-refractivity contribution in [2.45, 2.75) is 64.8 Å². The Morgan fingerprint density at radius 2 is 1.86 bits per heavy atom. The second kappa shape index (κ2) is 8.78. The number of benzene rings is 1. The summed E-state index contributed by atoms with van der Waals surface area (Å²) in [5, 5.41) is 2.94. The summed E-state index contributed by atoms with van der Waals surface area (Å²) in [7, 11) is 0. The van der Waals surface area contributed by atoms with Crippen LogP contribution in [0.25, 0.3) is 0 Å². The van der Waals surface area contributed by atoms with Gasteiger partial charge in [-0.25, -0.2) is 9.18 Å². The summed E-state index contributed by atoms with van der Waals surface area (Å²) in [5.41, 5.74) is 0.754. The number of nitrogens with zero attached hydrogens (tertiary/aromatic N) is 1. The van der Waals surface area contributed by atoms with Gasteiger partial charge in [0, 0.05) is 31.6 Å². The molecule has 1 aromatic rings. The summed E-state index contributed by atoms with van der Waals surface area (Å²) in [4.78, 5) is 14.4. The molecule has 0 unspecified atom stereocenters. The van der Waals surface area contributed by atoms with Crippen LogP contribution in [-0.4, -0.2) is 48.9 Å². The summed E-state index contributed by atoms with van der Waals surface area (Å²) in [6.45, 7) is 9.90. The minimum Gasteiger partial charge on any atom is -0.444 e. The molecule has 2 fully saturated rings. The van der Waals surface area contributed by atoms with Crippen molar-refractivity contribution in [3.63, 3.8) is 0 Å². The molecule has 1 heterocycles. The normalized spacial score (nSPS) is 20.0. The van der Waals surface area contributed by atoms with E-state index in [-0.39, 0.29) is 23.4 Å². The Labute approximate surface area is 167 Å². The molecule has 156 valence electrons. The van der Waals surface area contributed by atoms with Gasteiger partial charge in [0.25, 0.3) is 0 Å². The Bertz CT molecular complexity index is 645. The Hall–Kier alpha value is -1.66. The lowest BCUT2D eigenvalue weighted by Gasteiger charge is -2.34. The number of halogens is 1. The third-order valence-corrected chi connectivity index (χ3v) is 5.46. The van der Waals surface area contributed by atoms with E-state index >= 15 is 0 Å². The van der Waals surface area contributed by atoms with Gasteiger partial charge in [-0.2, -0.15) is 0 Å². The van der Waals surface area contributed by atoms with Crippen LogP contribution in [0.4, 0.5) is 9.18 Å². The van der Waals surface area contributed by atoms with E-state index in [9.17, 15) is 9.18 Å². The van der Waals surface area contributed by atoms with Crippen LogP contribution in [0.1, 0.15) is 52.0 Å². The van der Waals surface area contributed by atoms with Crippen molar-refractivity contribution >= 4 is 6.09 Å². The van der Waals surface area contributed by atoms with Crippen molar-refractivity contribution in [2.24, 2.45) is 5.41 Å². The SMILES string of the molecule is CC(C)(C)OC(=O)NCC1(CN2CCC(OCc3ccc(F)cc3)CC2)CC1. The van der Waals surface area contributed by atoms with Crippen molar-refractivity contribution in [3.05, 3.63) is 35.6 Å². The van der Waals surface area contributed by atoms with Gasteiger partial charge >= 0.3 is 6.09 Å². The average molecular weight is 393 g/mol. The van der Waals surface area contributed by atoms with Crippen LogP contribution >= 0.6 is 0 Å². The van der Waals surface area contributed by atoms with Gasteiger partial charge in [0.05, 0.1) is 12.7 Å². The predicted octanol–water partition coefficient (Wildman–Crippen LogP) is 4.11. The zero-order valence-electron chi connectivity index (χ0n) is 17.3. The van der Waals surface area contributed by atoms with E-state index in [1.807, 2.05) is 20.8 Å². The molecule has 1 amide bonds. The largest absolute Gasteiger partial charge is 0.444 e. The Balaban J connectivity index is 1.34. The average Bonchev–Trinajstić information content (AvgIpc) is 3.39. The van der Waals surface area contributed by atoms with Gasteiger partial charge in [-0.3, -0.25) is 0 Å². The second-order valence-electron chi connectivity index (χ2n) is 9.27. The third kappa shape index (κ3) is 6.74. The zero-order chi connectivity index (χ0) is 20.2. The number of carbonyl (C=O) groups excluding carboxylic acids is 1.